The van der Waals surface area contributed by atoms with Crippen LogP contribution in [0, 0.1) is 0 Å². The zero-order valence-electron chi connectivity index (χ0n) is 24.0. The molecule has 6 rings (SSSR count). The second kappa shape index (κ2) is 11.3. The first-order chi connectivity index (χ1) is 18.7. The van der Waals surface area contributed by atoms with Crippen molar-refractivity contribution in [1.29, 1.82) is 0 Å². The van der Waals surface area contributed by atoms with Crippen LogP contribution in [0.15, 0.2) is 24.3 Å². The van der Waals surface area contributed by atoms with Crippen LogP contribution in [0.25, 0.3) is 53.9 Å². The van der Waals surface area contributed by atoms with E-state index in [1.165, 1.54) is 89.9 Å². The first kappa shape index (κ1) is 26.3. The van der Waals surface area contributed by atoms with Crippen LogP contribution in [-0.2, 0) is 25.7 Å². The number of fused-ring (bicyclic) bond motifs is 6. The van der Waals surface area contributed by atoms with Crippen molar-refractivity contribution in [3.63, 3.8) is 0 Å². The van der Waals surface area contributed by atoms with Crippen molar-refractivity contribution in [2.24, 2.45) is 0 Å². The summed E-state index contributed by atoms with van der Waals surface area (Å²) in [5.41, 5.74) is 12.6. The minimum Gasteiger partial charge on any atom is -0.140 e. The van der Waals surface area contributed by atoms with E-state index in [9.17, 15) is 0 Å². The molecular formula is C36H44S2. The van der Waals surface area contributed by atoms with Crippen molar-refractivity contribution in [2.75, 3.05) is 0 Å². The summed E-state index contributed by atoms with van der Waals surface area (Å²) in [7, 11) is 0. The highest BCUT2D eigenvalue weighted by Crippen LogP contribution is 2.61. The van der Waals surface area contributed by atoms with E-state index in [1.54, 1.807) is 74.8 Å². The molecule has 0 bridgehead atoms. The minimum atomic E-state index is 1.20. The molecule has 4 aromatic rings. The Morgan fingerprint density at radius 3 is 1.61 bits per heavy atom. The Morgan fingerprint density at radius 2 is 0.974 bits per heavy atom. The number of thiophene rings is 2. The maximum atomic E-state index is 2.65. The van der Waals surface area contributed by atoms with Crippen LogP contribution in [0.4, 0.5) is 0 Å². The summed E-state index contributed by atoms with van der Waals surface area (Å²) >= 11 is 4.21. The molecule has 0 N–H and O–H groups in total. The molecule has 0 fully saturated rings. The Kier molecular flexibility index (Phi) is 7.83. The molecule has 0 unspecified atom stereocenters. The molecule has 2 aliphatic carbocycles. The molecule has 2 aromatic carbocycles. The van der Waals surface area contributed by atoms with Gasteiger partial charge in [-0.05, 0) is 109 Å². The Balaban J connectivity index is 1.54. The minimum absolute atomic E-state index is 1.20. The predicted molar refractivity (Wildman–Crippen MR) is 172 cm³/mol. The molecule has 2 aromatic heterocycles. The third-order valence-corrected chi connectivity index (χ3v) is 11.3. The van der Waals surface area contributed by atoms with E-state index in [2.05, 4.69) is 74.6 Å². The molecule has 38 heavy (non-hydrogen) atoms. The highest BCUT2D eigenvalue weighted by molar-refractivity contribution is 7.17. The van der Waals surface area contributed by atoms with Gasteiger partial charge in [-0.2, -0.15) is 0 Å². The predicted octanol–water partition coefficient (Wildman–Crippen LogP) is 12.4. The second-order valence-electron chi connectivity index (χ2n) is 11.7. The van der Waals surface area contributed by atoms with Gasteiger partial charge in [0.05, 0.1) is 0 Å². The normalized spacial score (nSPS) is 12.6. The summed E-state index contributed by atoms with van der Waals surface area (Å²) in [6.45, 7) is 9.30. The Hall–Kier alpha value is -1.90. The maximum absolute atomic E-state index is 2.65. The Labute approximate surface area is 238 Å². The maximum Gasteiger partial charge on any atom is 0.0433 e. The molecule has 0 atom stereocenters. The quantitative estimate of drug-likeness (QED) is 0.120. The van der Waals surface area contributed by atoms with Gasteiger partial charge in [-0.1, -0.05) is 66.2 Å². The van der Waals surface area contributed by atoms with Gasteiger partial charge in [-0.3, -0.25) is 0 Å². The van der Waals surface area contributed by atoms with Crippen molar-refractivity contribution in [3.05, 3.63) is 45.1 Å². The molecule has 200 valence electrons. The van der Waals surface area contributed by atoms with Crippen LogP contribution in [0.2, 0.25) is 0 Å². The standard InChI is InChI=1S/C36H44S2/c1-5-9-13-17-25-21-28-27-19-23(15-11-7-3)31-30-22-26(18-14-10-6-2)37-35(30)29-20-24(16-12-8-4)32(36(28)38-25)33(27)34(29)31/h19-22H,5-18H2,1-4H3. The number of benzene rings is 2. The number of unbranched alkanes of at least 4 members (excludes halogenated alkanes) is 6. The van der Waals surface area contributed by atoms with Gasteiger partial charge in [-0.25, -0.2) is 0 Å². The largest absolute Gasteiger partial charge is 0.140 e. The van der Waals surface area contributed by atoms with Crippen molar-refractivity contribution in [2.45, 2.75) is 118 Å². The van der Waals surface area contributed by atoms with Crippen LogP contribution >= 0.6 is 22.7 Å². The molecule has 0 saturated carbocycles. The second-order valence-corrected chi connectivity index (χ2v) is 14.0. The van der Waals surface area contributed by atoms with Gasteiger partial charge in [0.2, 0.25) is 0 Å². The average molecular weight is 541 g/mol. The van der Waals surface area contributed by atoms with Crippen molar-refractivity contribution >= 4 is 33.4 Å². The summed E-state index contributed by atoms with van der Waals surface area (Å²) in [5, 5.41) is 3.20. The van der Waals surface area contributed by atoms with Crippen LogP contribution in [0.1, 0.15) is 113 Å². The summed E-state index contributed by atoms with van der Waals surface area (Å²) in [6, 6.07) is 10.5. The lowest BCUT2D eigenvalue weighted by molar-refractivity contribution is 0.723. The fourth-order valence-electron chi connectivity index (χ4n) is 6.83. The molecular weight excluding hydrogens is 497 g/mol. The monoisotopic (exact) mass is 540 g/mol. The van der Waals surface area contributed by atoms with Crippen LogP contribution in [0.3, 0.4) is 0 Å². The van der Waals surface area contributed by atoms with E-state index in [1.807, 2.05) is 0 Å². The highest BCUT2D eigenvalue weighted by atomic mass is 32.1. The molecule has 0 radical (unpaired) electrons. The van der Waals surface area contributed by atoms with E-state index in [0.717, 1.165) is 0 Å². The summed E-state index contributed by atoms with van der Waals surface area (Å²) in [5.74, 6) is 0. The van der Waals surface area contributed by atoms with Crippen LogP contribution in [-0.4, -0.2) is 0 Å². The van der Waals surface area contributed by atoms with E-state index in [4.69, 9.17) is 0 Å². The fraction of sp³-hybridized carbons (Fsp3) is 0.500. The van der Waals surface area contributed by atoms with Crippen molar-refractivity contribution in [3.8, 4) is 43.1 Å². The number of hydrogen-bond acceptors (Lipinski definition) is 2. The lowest BCUT2D eigenvalue weighted by Crippen LogP contribution is -1.94. The molecule has 0 nitrogen and oxygen atoms in total. The van der Waals surface area contributed by atoms with E-state index < -0.39 is 0 Å². The highest BCUT2D eigenvalue weighted by Gasteiger charge is 2.35. The molecule has 0 amide bonds. The molecule has 0 aliphatic heterocycles. The molecule has 2 heterocycles. The average Bonchev–Trinajstić information content (AvgIpc) is 3.66. The SMILES string of the molecule is CCCCCc1cc2c(s1)-c1cc(CCCC)c3c4c(cc(CCCC)c-2c14)-c1cc(CCCCC)sc1-3. The van der Waals surface area contributed by atoms with Gasteiger partial charge in [0.15, 0.2) is 0 Å². The number of aryl methyl sites for hydroxylation is 4. The van der Waals surface area contributed by atoms with Crippen molar-refractivity contribution < 1.29 is 0 Å². The van der Waals surface area contributed by atoms with Gasteiger partial charge < -0.3 is 0 Å². The third-order valence-electron chi connectivity index (χ3n) is 8.82. The van der Waals surface area contributed by atoms with Gasteiger partial charge in [0.25, 0.3) is 0 Å². The Bertz CT molecular complexity index is 1350. The summed E-state index contributed by atoms with van der Waals surface area (Å²) in [6.07, 6.45) is 17.9. The molecule has 0 saturated heterocycles. The molecule has 0 spiro atoms. The van der Waals surface area contributed by atoms with Gasteiger partial charge >= 0.3 is 0 Å². The van der Waals surface area contributed by atoms with E-state index in [-0.39, 0.29) is 0 Å². The van der Waals surface area contributed by atoms with Crippen LogP contribution < -0.4 is 0 Å². The van der Waals surface area contributed by atoms with Gasteiger partial charge in [0.1, 0.15) is 0 Å². The van der Waals surface area contributed by atoms with E-state index >= 15 is 0 Å². The lowest BCUT2D eigenvalue weighted by atomic mass is 9.89. The first-order valence-corrected chi connectivity index (χ1v) is 17.3. The first-order valence-electron chi connectivity index (χ1n) is 15.6. The Morgan fingerprint density at radius 1 is 0.447 bits per heavy atom. The third kappa shape index (κ3) is 4.40. The smallest absolute Gasteiger partial charge is 0.0433 e. The molecule has 2 heteroatoms. The summed E-state index contributed by atoms with van der Waals surface area (Å²) in [4.78, 5) is 6.34. The van der Waals surface area contributed by atoms with Crippen molar-refractivity contribution in [1.82, 2.24) is 0 Å². The van der Waals surface area contributed by atoms with Gasteiger partial charge in [-0.15, -0.1) is 22.7 Å². The molecule has 2 aliphatic rings. The lowest BCUT2D eigenvalue weighted by Gasteiger charge is -2.15. The van der Waals surface area contributed by atoms with E-state index in [0.29, 0.717) is 0 Å². The topological polar surface area (TPSA) is 0 Å². The zero-order valence-corrected chi connectivity index (χ0v) is 25.7. The van der Waals surface area contributed by atoms with Gasteiger partial charge in [0, 0.05) is 41.8 Å². The fourth-order valence-corrected chi connectivity index (χ4v) is 9.36. The zero-order chi connectivity index (χ0) is 26.2. The summed E-state index contributed by atoms with van der Waals surface area (Å²) < 4.78 is 0. The number of hydrogen-bond donors (Lipinski definition) is 0. The van der Waals surface area contributed by atoms with Crippen LogP contribution in [0.5, 0.6) is 0 Å². The number of rotatable bonds is 14.